The van der Waals surface area contributed by atoms with Crippen LogP contribution in [0.2, 0.25) is 0 Å². The van der Waals surface area contributed by atoms with Crippen LogP contribution < -0.4 is 0 Å². The number of hydrogen-bond acceptors (Lipinski definition) is 4. The zero-order valence-electron chi connectivity index (χ0n) is 9.14. The molecule has 0 spiro atoms. The first kappa shape index (κ1) is 13.7. The van der Waals surface area contributed by atoms with Gasteiger partial charge in [-0.2, -0.15) is 0 Å². The Bertz CT molecular complexity index is 541. The molecule has 0 atom stereocenters. The van der Waals surface area contributed by atoms with Crippen LogP contribution in [0.5, 0.6) is 0 Å². The number of esters is 1. The van der Waals surface area contributed by atoms with Crippen LogP contribution in [0.1, 0.15) is 16.1 Å². The van der Waals surface area contributed by atoms with Gasteiger partial charge in [-0.25, -0.2) is 14.8 Å². The van der Waals surface area contributed by atoms with Crippen LogP contribution in [0.25, 0.3) is 0 Å². The van der Waals surface area contributed by atoms with Gasteiger partial charge in [-0.3, -0.25) is 0 Å². The Kier molecular flexibility index (Phi) is 4.87. The molecule has 0 fully saturated rings. The van der Waals surface area contributed by atoms with Gasteiger partial charge in [0, 0.05) is 28.7 Å². The van der Waals surface area contributed by atoms with Gasteiger partial charge in [0.05, 0.1) is 0 Å². The summed E-state index contributed by atoms with van der Waals surface area (Å²) in [6.45, 7) is 0.247. The van der Waals surface area contributed by atoms with Gasteiger partial charge in [0.2, 0.25) is 0 Å². The minimum atomic E-state index is -0.433. The number of benzene rings is 1. The van der Waals surface area contributed by atoms with Crippen LogP contribution in [0, 0.1) is 7.53 Å². The van der Waals surface area contributed by atoms with Crippen molar-refractivity contribution < 1.29 is 9.53 Å². The van der Waals surface area contributed by atoms with Gasteiger partial charge >= 0.3 is 5.97 Å². The maximum Gasteiger partial charge on any atom is 0.357 e. The Hall–Kier alpha value is -0.770. The fourth-order valence-electron chi connectivity index (χ4n) is 1.29. The number of ether oxygens (including phenoxy) is 1. The summed E-state index contributed by atoms with van der Waals surface area (Å²) >= 11 is 4.01. The lowest BCUT2D eigenvalue weighted by Crippen LogP contribution is -2.09. The molecule has 2 rings (SSSR count). The molecule has 0 saturated carbocycles. The molecule has 1 aromatic carbocycles. The third-order valence-electron chi connectivity index (χ3n) is 2.09. The van der Waals surface area contributed by atoms with E-state index in [1.54, 1.807) is 6.07 Å². The van der Waals surface area contributed by atoms with Crippen molar-refractivity contribution in [3.8, 4) is 0 Å². The number of carbonyl (C=O) groups excluding carboxylic acids is 1. The number of halogens is 2. The van der Waals surface area contributed by atoms with Crippen molar-refractivity contribution in [2.45, 2.75) is 6.61 Å². The smallest absolute Gasteiger partial charge is 0.357 e. The predicted octanol–water partition coefficient (Wildman–Crippen LogP) is 3.04. The molecular weight excluding hydrogens is 458 g/mol. The lowest BCUT2D eigenvalue weighted by Gasteiger charge is -2.04. The number of aromatic nitrogens is 2. The maximum absolute atomic E-state index is 11.8. The van der Waals surface area contributed by atoms with E-state index in [0.717, 1.165) is 9.26 Å². The first-order valence-corrected chi connectivity index (χ1v) is 7.22. The van der Waals surface area contributed by atoms with Crippen LogP contribution in [0.15, 0.2) is 36.4 Å². The summed E-state index contributed by atoms with van der Waals surface area (Å²) in [5.41, 5.74) is 1.24. The molecular formula is C12H8I2N2O2. The molecule has 2 aromatic rings. The zero-order valence-corrected chi connectivity index (χ0v) is 13.5. The molecule has 0 saturated heterocycles. The topological polar surface area (TPSA) is 52.1 Å². The fourth-order valence-corrected chi connectivity index (χ4v) is 2.80. The molecule has 0 aliphatic heterocycles. The van der Waals surface area contributed by atoms with Gasteiger partial charge in [0.15, 0.2) is 9.53 Å². The number of hydrogen-bond donors (Lipinski definition) is 0. The molecule has 0 amide bonds. The van der Waals surface area contributed by atoms with Crippen molar-refractivity contribution in [3.05, 3.63) is 55.2 Å². The van der Waals surface area contributed by atoms with Crippen LogP contribution in [0.3, 0.4) is 0 Å². The molecule has 0 N–H and O–H groups in total. The second-order valence-electron chi connectivity index (χ2n) is 3.41. The van der Waals surface area contributed by atoms with E-state index in [9.17, 15) is 4.79 Å². The van der Waals surface area contributed by atoms with E-state index in [2.05, 4.69) is 9.97 Å². The van der Waals surface area contributed by atoms with E-state index in [1.165, 1.54) is 0 Å². The van der Waals surface area contributed by atoms with Crippen molar-refractivity contribution in [2.24, 2.45) is 0 Å². The molecule has 1 heterocycles. The van der Waals surface area contributed by atoms with Gasteiger partial charge in [0.1, 0.15) is 10.3 Å². The Morgan fingerprint density at radius 1 is 1.17 bits per heavy atom. The van der Waals surface area contributed by atoms with Gasteiger partial charge in [0.25, 0.3) is 0 Å². The molecule has 1 aromatic heterocycles. The SMILES string of the molecule is O=C(OCc1ccccc1)c1cc(I)nc(I)n1. The minimum absolute atomic E-state index is 0.247. The summed E-state index contributed by atoms with van der Waals surface area (Å²) < 4.78 is 6.44. The highest BCUT2D eigenvalue weighted by atomic mass is 127. The Morgan fingerprint density at radius 3 is 2.56 bits per heavy atom. The molecule has 0 unspecified atom stereocenters. The van der Waals surface area contributed by atoms with E-state index in [0.29, 0.717) is 3.83 Å². The van der Waals surface area contributed by atoms with Crippen molar-refractivity contribution in [2.75, 3.05) is 0 Å². The summed E-state index contributed by atoms with van der Waals surface area (Å²) in [7, 11) is 0. The van der Waals surface area contributed by atoms with E-state index in [-0.39, 0.29) is 12.3 Å². The number of nitrogens with zero attached hydrogens (tertiary/aromatic N) is 2. The maximum atomic E-state index is 11.8. The highest BCUT2D eigenvalue weighted by molar-refractivity contribution is 14.1. The average Bonchev–Trinajstić information content (AvgIpc) is 2.36. The second-order valence-corrected chi connectivity index (χ2v) is 5.48. The second kappa shape index (κ2) is 6.41. The van der Waals surface area contributed by atoms with E-state index in [1.807, 2.05) is 75.5 Å². The van der Waals surface area contributed by atoms with E-state index >= 15 is 0 Å². The van der Waals surface area contributed by atoms with Crippen LogP contribution in [-0.2, 0) is 11.3 Å². The highest BCUT2D eigenvalue weighted by Gasteiger charge is 2.11. The molecule has 0 aliphatic rings. The predicted molar refractivity (Wildman–Crippen MR) is 83.0 cm³/mol. The first-order valence-electron chi connectivity index (χ1n) is 5.06. The first-order chi connectivity index (χ1) is 8.65. The quantitative estimate of drug-likeness (QED) is 0.302. The molecule has 0 aliphatic carbocycles. The average molecular weight is 466 g/mol. The van der Waals surface area contributed by atoms with E-state index in [4.69, 9.17) is 4.74 Å². The summed E-state index contributed by atoms with van der Waals surface area (Å²) in [5, 5.41) is 0. The lowest BCUT2D eigenvalue weighted by atomic mass is 10.2. The van der Waals surface area contributed by atoms with Gasteiger partial charge in [-0.1, -0.05) is 30.3 Å². The minimum Gasteiger partial charge on any atom is -0.456 e. The van der Waals surface area contributed by atoms with Gasteiger partial charge < -0.3 is 4.74 Å². The Labute approximate surface area is 131 Å². The molecule has 4 nitrogen and oxygen atoms in total. The molecule has 92 valence electrons. The zero-order chi connectivity index (χ0) is 13.0. The van der Waals surface area contributed by atoms with Crippen LogP contribution >= 0.6 is 45.2 Å². The number of rotatable bonds is 3. The summed E-state index contributed by atoms with van der Waals surface area (Å²) in [5.74, 6) is -0.433. The largest absolute Gasteiger partial charge is 0.456 e. The van der Waals surface area contributed by atoms with E-state index < -0.39 is 5.97 Å². The normalized spacial score (nSPS) is 10.1. The standard InChI is InChI=1S/C12H8I2N2O2/c13-10-6-9(15-12(14)16-10)11(17)18-7-8-4-2-1-3-5-8/h1-6H,7H2. The monoisotopic (exact) mass is 466 g/mol. The lowest BCUT2D eigenvalue weighted by molar-refractivity contribution is 0.0465. The fraction of sp³-hybridized carbons (Fsp3) is 0.0833. The molecule has 18 heavy (non-hydrogen) atoms. The Balaban J connectivity index is 2.04. The highest BCUT2D eigenvalue weighted by Crippen LogP contribution is 2.09. The van der Waals surface area contributed by atoms with Crippen LogP contribution in [-0.4, -0.2) is 15.9 Å². The van der Waals surface area contributed by atoms with Crippen molar-refractivity contribution in [3.63, 3.8) is 0 Å². The third-order valence-corrected chi connectivity index (χ3v) is 3.12. The van der Waals surface area contributed by atoms with Crippen molar-refractivity contribution in [1.29, 1.82) is 0 Å². The summed E-state index contributed by atoms with van der Waals surface area (Å²) in [6, 6.07) is 11.1. The Morgan fingerprint density at radius 2 is 1.89 bits per heavy atom. The van der Waals surface area contributed by atoms with Crippen molar-refractivity contribution in [1.82, 2.24) is 9.97 Å². The van der Waals surface area contributed by atoms with Gasteiger partial charge in [-0.15, -0.1) is 0 Å². The number of carbonyl (C=O) groups is 1. The van der Waals surface area contributed by atoms with Crippen molar-refractivity contribution >= 4 is 51.2 Å². The summed E-state index contributed by atoms with van der Waals surface area (Å²) in [6.07, 6.45) is 0. The van der Waals surface area contributed by atoms with Gasteiger partial charge in [-0.05, 0) is 28.2 Å². The van der Waals surface area contributed by atoms with Crippen LogP contribution in [0.4, 0.5) is 0 Å². The third kappa shape index (κ3) is 3.87. The molecule has 0 bridgehead atoms. The molecule has 0 radical (unpaired) electrons. The summed E-state index contributed by atoms with van der Waals surface area (Å²) in [4.78, 5) is 19.9. The molecule has 6 heteroatoms.